The fourth-order valence-corrected chi connectivity index (χ4v) is 1.97. The summed E-state index contributed by atoms with van der Waals surface area (Å²) in [6.45, 7) is 6.18. The van der Waals surface area contributed by atoms with E-state index in [1.807, 2.05) is 4.90 Å². The summed E-state index contributed by atoms with van der Waals surface area (Å²) in [6, 6.07) is 6.50. The first-order chi connectivity index (χ1) is 9.19. The third kappa shape index (κ3) is 5.28. The Morgan fingerprint density at radius 1 is 1.21 bits per heavy atom. The molecule has 0 saturated carbocycles. The number of halogens is 1. The van der Waals surface area contributed by atoms with E-state index in [9.17, 15) is 9.18 Å². The summed E-state index contributed by atoms with van der Waals surface area (Å²) >= 11 is 0. The minimum atomic E-state index is -0.283. The van der Waals surface area contributed by atoms with Gasteiger partial charge in [0.15, 0.2) is 0 Å². The van der Waals surface area contributed by atoms with Crippen molar-refractivity contribution >= 4 is 11.6 Å². The SMILES string of the molecule is CCCN(CCC)C(=O)CCNc1ccccc1F. The molecule has 0 aliphatic rings. The van der Waals surface area contributed by atoms with Gasteiger partial charge in [-0.2, -0.15) is 0 Å². The van der Waals surface area contributed by atoms with Gasteiger partial charge in [-0.1, -0.05) is 26.0 Å². The minimum absolute atomic E-state index is 0.132. The van der Waals surface area contributed by atoms with Crippen molar-refractivity contribution in [2.45, 2.75) is 33.1 Å². The number of benzene rings is 1. The maximum Gasteiger partial charge on any atom is 0.224 e. The predicted molar refractivity (Wildman–Crippen MR) is 76.7 cm³/mol. The van der Waals surface area contributed by atoms with Crippen LogP contribution in [-0.2, 0) is 4.79 Å². The quantitative estimate of drug-likeness (QED) is 0.783. The van der Waals surface area contributed by atoms with Gasteiger partial charge in [0.2, 0.25) is 5.91 Å². The van der Waals surface area contributed by atoms with Gasteiger partial charge in [-0.15, -0.1) is 0 Å². The number of anilines is 1. The van der Waals surface area contributed by atoms with E-state index in [2.05, 4.69) is 19.2 Å². The highest BCUT2D eigenvalue weighted by molar-refractivity contribution is 5.76. The molecule has 4 heteroatoms. The lowest BCUT2D eigenvalue weighted by Gasteiger charge is -2.21. The van der Waals surface area contributed by atoms with Crippen LogP contribution in [0.15, 0.2) is 24.3 Å². The fraction of sp³-hybridized carbons (Fsp3) is 0.533. The average Bonchev–Trinajstić information content (AvgIpc) is 2.40. The molecule has 0 aliphatic carbocycles. The first kappa shape index (κ1) is 15.5. The topological polar surface area (TPSA) is 32.3 Å². The predicted octanol–water partition coefficient (Wildman–Crippen LogP) is 3.28. The normalized spacial score (nSPS) is 10.3. The monoisotopic (exact) mass is 266 g/mol. The Kier molecular flexibility index (Phi) is 6.93. The summed E-state index contributed by atoms with van der Waals surface area (Å²) in [5.41, 5.74) is 0.452. The molecule has 1 aromatic rings. The van der Waals surface area contributed by atoms with E-state index in [-0.39, 0.29) is 11.7 Å². The minimum Gasteiger partial charge on any atom is -0.382 e. The molecule has 106 valence electrons. The molecule has 0 atom stereocenters. The van der Waals surface area contributed by atoms with Crippen molar-refractivity contribution in [2.24, 2.45) is 0 Å². The van der Waals surface area contributed by atoms with Crippen molar-refractivity contribution in [1.82, 2.24) is 4.90 Å². The molecule has 1 N–H and O–H groups in total. The Morgan fingerprint density at radius 3 is 2.42 bits per heavy atom. The van der Waals surface area contributed by atoms with Gasteiger partial charge in [0, 0.05) is 26.1 Å². The Labute approximate surface area is 114 Å². The number of rotatable bonds is 8. The number of nitrogens with one attached hydrogen (secondary N) is 1. The second-order valence-corrected chi connectivity index (χ2v) is 4.54. The van der Waals surface area contributed by atoms with E-state index in [4.69, 9.17) is 0 Å². The van der Waals surface area contributed by atoms with Crippen LogP contribution in [0, 0.1) is 5.82 Å². The van der Waals surface area contributed by atoms with Crippen molar-refractivity contribution in [3.05, 3.63) is 30.1 Å². The van der Waals surface area contributed by atoms with E-state index >= 15 is 0 Å². The highest BCUT2D eigenvalue weighted by atomic mass is 19.1. The summed E-state index contributed by atoms with van der Waals surface area (Å²) in [7, 11) is 0. The number of nitrogens with zero attached hydrogens (tertiary/aromatic N) is 1. The Morgan fingerprint density at radius 2 is 1.84 bits per heavy atom. The second kappa shape index (κ2) is 8.51. The number of carbonyl (C=O) groups is 1. The summed E-state index contributed by atoms with van der Waals surface area (Å²) in [6.07, 6.45) is 2.33. The molecule has 0 radical (unpaired) electrons. The zero-order chi connectivity index (χ0) is 14.1. The maximum absolute atomic E-state index is 13.4. The molecule has 0 aromatic heterocycles. The molecule has 0 saturated heterocycles. The number of para-hydroxylation sites is 1. The van der Waals surface area contributed by atoms with Crippen LogP contribution in [0.4, 0.5) is 10.1 Å². The van der Waals surface area contributed by atoms with E-state index in [1.165, 1.54) is 6.07 Å². The van der Waals surface area contributed by atoms with Crippen LogP contribution in [-0.4, -0.2) is 30.4 Å². The molecule has 0 bridgehead atoms. The summed E-state index contributed by atoms with van der Waals surface area (Å²) in [5, 5.41) is 2.96. The molecular formula is C15H23FN2O. The molecule has 1 amide bonds. The van der Waals surface area contributed by atoms with E-state index in [1.54, 1.807) is 18.2 Å². The van der Waals surface area contributed by atoms with Crippen LogP contribution < -0.4 is 5.32 Å². The van der Waals surface area contributed by atoms with Gasteiger partial charge in [0.25, 0.3) is 0 Å². The van der Waals surface area contributed by atoms with Gasteiger partial charge in [0.05, 0.1) is 5.69 Å². The number of carbonyl (C=O) groups excluding carboxylic acids is 1. The summed E-state index contributed by atoms with van der Waals surface area (Å²) in [5.74, 6) is -0.151. The Bertz CT molecular complexity index is 389. The van der Waals surface area contributed by atoms with Crippen LogP contribution in [0.1, 0.15) is 33.1 Å². The van der Waals surface area contributed by atoms with Gasteiger partial charge in [-0.25, -0.2) is 4.39 Å². The third-order valence-electron chi connectivity index (χ3n) is 2.87. The smallest absolute Gasteiger partial charge is 0.224 e. The van der Waals surface area contributed by atoms with E-state index in [0.717, 1.165) is 25.9 Å². The van der Waals surface area contributed by atoms with Crippen LogP contribution in [0.3, 0.4) is 0 Å². The van der Waals surface area contributed by atoms with Crippen LogP contribution in [0.2, 0.25) is 0 Å². The molecule has 0 unspecified atom stereocenters. The number of hydrogen-bond acceptors (Lipinski definition) is 2. The van der Waals surface area contributed by atoms with Gasteiger partial charge in [0.1, 0.15) is 5.82 Å². The summed E-state index contributed by atoms with van der Waals surface area (Å²) in [4.78, 5) is 13.9. The lowest BCUT2D eigenvalue weighted by atomic mass is 10.2. The standard InChI is InChI=1S/C15H23FN2O/c1-3-11-18(12-4-2)15(19)9-10-17-14-8-6-5-7-13(14)16/h5-8,17H,3-4,9-12H2,1-2H3. The highest BCUT2D eigenvalue weighted by Crippen LogP contribution is 2.12. The van der Waals surface area contributed by atoms with Crippen LogP contribution >= 0.6 is 0 Å². The van der Waals surface area contributed by atoms with Crippen LogP contribution in [0.25, 0.3) is 0 Å². The largest absolute Gasteiger partial charge is 0.382 e. The van der Waals surface area contributed by atoms with Crippen molar-refractivity contribution in [2.75, 3.05) is 25.0 Å². The molecular weight excluding hydrogens is 243 g/mol. The third-order valence-corrected chi connectivity index (χ3v) is 2.87. The molecule has 3 nitrogen and oxygen atoms in total. The molecule has 19 heavy (non-hydrogen) atoms. The van der Waals surface area contributed by atoms with Gasteiger partial charge < -0.3 is 10.2 Å². The molecule has 0 aliphatic heterocycles. The zero-order valence-corrected chi connectivity index (χ0v) is 11.8. The van der Waals surface area contributed by atoms with Gasteiger partial charge in [-0.3, -0.25) is 4.79 Å². The lowest BCUT2D eigenvalue weighted by Crippen LogP contribution is -2.33. The Balaban J connectivity index is 2.39. The Hall–Kier alpha value is -1.58. The fourth-order valence-electron chi connectivity index (χ4n) is 1.97. The molecule has 0 fully saturated rings. The average molecular weight is 266 g/mol. The molecule has 0 spiro atoms. The molecule has 0 heterocycles. The first-order valence-electron chi connectivity index (χ1n) is 6.95. The molecule has 1 rings (SSSR count). The van der Waals surface area contributed by atoms with E-state index < -0.39 is 0 Å². The molecule has 1 aromatic carbocycles. The van der Waals surface area contributed by atoms with E-state index in [0.29, 0.717) is 18.7 Å². The summed E-state index contributed by atoms with van der Waals surface area (Å²) < 4.78 is 13.4. The van der Waals surface area contributed by atoms with Crippen molar-refractivity contribution in [3.8, 4) is 0 Å². The van der Waals surface area contributed by atoms with Crippen molar-refractivity contribution < 1.29 is 9.18 Å². The number of amides is 1. The van der Waals surface area contributed by atoms with Crippen molar-refractivity contribution in [3.63, 3.8) is 0 Å². The maximum atomic E-state index is 13.4. The number of hydrogen-bond donors (Lipinski definition) is 1. The zero-order valence-electron chi connectivity index (χ0n) is 11.8. The van der Waals surface area contributed by atoms with Crippen molar-refractivity contribution in [1.29, 1.82) is 0 Å². The van der Waals surface area contributed by atoms with Crippen LogP contribution in [0.5, 0.6) is 0 Å². The lowest BCUT2D eigenvalue weighted by molar-refractivity contribution is -0.131. The highest BCUT2D eigenvalue weighted by Gasteiger charge is 2.11. The first-order valence-corrected chi connectivity index (χ1v) is 6.95. The second-order valence-electron chi connectivity index (χ2n) is 4.54. The van der Waals surface area contributed by atoms with Gasteiger partial charge >= 0.3 is 0 Å². The van der Waals surface area contributed by atoms with Gasteiger partial charge in [-0.05, 0) is 25.0 Å².